The van der Waals surface area contributed by atoms with E-state index in [2.05, 4.69) is 4.98 Å². The number of hydrogen-bond acceptors (Lipinski definition) is 4. The zero-order chi connectivity index (χ0) is 12.1. The summed E-state index contributed by atoms with van der Waals surface area (Å²) in [5.74, 6) is 0.243. The Hall–Kier alpha value is -1.78. The molecule has 1 aromatic heterocycles. The van der Waals surface area contributed by atoms with Crippen LogP contribution in [0.4, 0.5) is 5.69 Å². The van der Waals surface area contributed by atoms with Gasteiger partial charge in [0.25, 0.3) is 5.69 Å². The first-order valence-corrected chi connectivity index (χ1v) is 5.10. The molecule has 0 atom stereocenters. The van der Waals surface area contributed by atoms with Gasteiger partial charge in [0, 0.05) is 18.7 Å². The maximum Gasteiger partial charge on any atom is 0.291 e. The Bertz CT molecular complexity index is 402. The molecule has 1 heterocycles. The van der Waals surface area contributed by atoms with Gasteiger partial charge in [0.2, 0.25) is 0 Å². The molecule has 5 heteroatoms. The van der Waals surface area contributed by atoms with E-state index in [4.69, 9.17) is 0 Å². The third kappa shape index (κ3) is 3.42. The molecule has 0 bridgehead atoms. The lowest BCUT2D eigenvalue weighted by Gasteiger charge is -2.03. The summed E-state index contributed by atoms with van der Waals surface area (Å²) >= 11 is 0. The Balaban J connectivity index is 2.81. The molecule has 0 aliphatic heterocycles. The second-order valence-corrected chi connectivity index (χ2v) is 4.04. The van der Waals surface area contributed by atoms with Crippen LogP contribution in [-0.2, 0) is 11.2 Å². The average molecular weight is 222 g/mol. The van der Waals surface area contributed by atoms with Gasteiger partial charge < -0.3 is 0 Å². The lowest BCUT2D eigenvalue weighted by molar-refractivity contribution is -0.385. The van der Waals surface area contributed by atoms with Gasteiger partial charge in [-0.25, -0.2) is 0 Å². The van der Waals surface area contributed by atoms with Gasteiger partial charge in [-0.05, 0) is 12.0 Å². The van der Waals surface area contributed by atoms with Crippen LogP contribution in [0.25, 0.3) is 0 Å². The van der Waals surface area contributed by atoms with Gasteiger partial charge in [-0.2, -0.15) is 0 Å². The Labute approximate surface area is 93.7 Å². The molecule has 1 aromatic rings. The number of rotatable bonds is 5. The van der Waals surface area contributed by atoms with Crippen LogP contribution in [0.1, 0.15) is 26.0 Å². The van der Waals surface area contributed by atoms with E-state index in [9.17, 15) is 14.9 Å². The van der Waals surface area contributed by atoms with Gasteiger partial charge in [0.1, 0.15) is 11.5 Å². The van der Waals surface area contributed by atoms with Gasteiger partial charge in [0.05, 0.1) is 11.3 Å². The number of hydrogen-bond donors (Lipinski definition) is 0. The molecule has 0 unspecified atom stereocenters. The van der Waals surface area contributed by atoms with E-state index >= 15 is 0 Å². The summed E-state index contributed by atoms with van der Waals surface area (Å²) in [7, 11) is 0. The standard InChI is InChI=1S/C11H14N2O3/c1-8(2)6-9(14)7-10-11(13(15)16)4-3-5-12-10/h3-5,8H,6-7H2,1-2H3. The average Bonchev–Trinajstić information content (AvgIpc) is 2.16. The van der Waals surface area contributed by atoms with Crippen molar-refractivity contribution in [2.45, 2.75) is 26.7 Å². The maximum absolute atomic E-state index is 11.5. The molecule has 0 radical (unpaired) electrons. The summed E-state index contributed by atoms with van der Waals surface area (Å²) in [5.41, 5.74) is 0.165. The SMILES string of the molecule is CC(C)CC(=O)Cc1ncccc1[N+](=O)[O-]. The molecule has 0 aromatic carbocycles. The number of Topliss-reactive ketones (excluding diaryl/α,β-unsaturated/α-hetero) is 1. The van der Waals surface area contributed by atoms with E-state index < -0.39 is 4.92 Å². The molecule has 0 N–H and O–H groups in total. The fraction of sp³-hybridized carbons (Fsp3) is 0.455. The van der Waals surface area contributed by atoms with Crippen LogP contribution in [0, 0.1) is 16.0 Å². The van der Waals surface area contributed by atoms with Crippen LogP contribution in [-0.4, -0.2) is 15.7 Å². The van der Waals surface area contributed by atoms with Crippen molar-refractivity contribution in [1.82, 2.24) is 4.98 Å². The summed E-state index contributed by atoms with van der Waals surface area (Å²) < 4.78 is 0. The number of aromatic nitrogens is 1. The Morgan fingerprint density at radius 2 is 2.25 bits per heavy atom. The fourth-order valence-electron chi connectivity index (χ4n) is 1.45. The van der Waals surface area contributed by atoms with Gasteiger partial charge >= 0.3 is 0 Å². The molecule has 1 rings (SSSR count). The second kappa shape index (κ2) is 5.34. The minimum Gasteiger partial charge on any atom is -0.299 e. The van der Waals surface area contributed by atoms with Crippen molar-refractivity contribution in [2.24, 2.45) is 5.92 Å². The molecule has 0 spiro atoms. The van der Waals surface area contributed by atoms with Crippen LogP contribution in [0.3, 0.4) is 0 Å². The largest absolute Gasteiger partial charge is 0.299 e. The molecule has 86 valence electrons. The first-order valence-electron chi connectivity index (χ1n) is 5.10. The number of nitrogens with zero attached hydrogens (tertiary/aromatic N) is 2. The van der Waals surface area contributed by atoms with E-state index in [1.807, 2.05) is 13.8 Å². The minimum absolute atomic E-state index is 0.0169. The molecule has 0 amide bonds. The van der Waals surface area contributed by atoms with E-state index in [1.165, 1.54) is 18.3 Å². The molecular weight excluding hydrogens is 208 g/mol. The van der Waals surface area contributed by atoms with Crippen molar-refractivity contribution >= 4 is 11.5 Å². The highest BCUT2D eigenvalue weighted by molar-refractivity contribution is 5.81. The predicted molar refractivity (Wildman–Crippen MR) is 59.1 cm³/mol. The first-order chi connectivity index (χ1) is 7.50. The lowest BCUT2D eigenvalue weighted by Crippen LogP contribution is -2.09. The third-order valence-electron chi connectivity index (χ3n) is 2.06. The van der Waals surface area contributed by atoms with E-state index in [1.54, 1.807) is 0 Å². The van der Waals surface area contributed by atoms with Crippen molar-refractivity contribution in [3.8, 4) is 0 Å². The molecule has 0 saturated carbocycles. The minimum atomic E-state index is -0.509. The molecule has 16 heavy (non-hydrogen) atoms. The van der Waals surface area contributed by atoms with Crippen molar-refractivity contribution in [3.05, 3.63) is 34.1 Å². The van der Waals surface area contributed by atoms with Gasteiger partial charge in [-0.3, -0.25) is 19.9 Å². The molecule has 0 saturated heterocycles. The van der Waals surface area contributed by atoms with E-state index in [-0.39, 0.29) is 29.5 Å². The molecule has 5 nitrogen and oxygen atoms in total. The van der Waals surface area contributed by atoms with Crippen LogP contribution in [0.15, 0.2) is 18.3 Å². The molecule has 0 aliphatic carbocycles. The van der Waals surface area contributed by atoms with Gasteiger partial charge in [-0.15, -0.1) is 0 Å². The van der Waals surface area contributed by atoms with Crippen molar-refractivity contribution in [2.75, 3.05) is 0 Å². The van der Waals surface area contributed by atoms with Crippen LogP contribution in [0.2, 0.25) is 0 Å². The van der Waals surface area contributed by atoms with E-state index in [0.29, 0.717) is 6.42 Å². The Morgan fingerprint density at radius 3 is 2.81 bits per heavy atom. The normalized spacial score (nSPS) is 10.4. The predicted octanol–water partition coefficient (Wildman–Crippen LogP) is 2.15. The van der Waals surface area contributed by atoms with Crippen LogP contribution < -0.4 is 0 Å². The smallest absolute Gasteiger partial charge is 0.291 e. The number of ketones is 1. The van der Waals surface area contributed by atoms with Gasteiger partial charge in [0.15, 0.2) is 0 Å². The third-order valence-corrected chi connectivity index (χ3v) is 2.06. The Morgan fingerprint density at radius 1 is 1.56 bits per heavy atom. The molecular formula is C11H14N2O3. The van der Waals surface area contributed by atoms with Crippen molar-refractivity contribution < 1.29 is 9.72 Å². The molecule has 0 aliphatic rings. The Kier molecular flexibility index (Phi) is 4.10. The summed E-state index contributed by atoms with van der Waals surface area (Å²) in [4.78, 5) is 25.6. The van der Waals surface area contributed by atoms with Crippen molar-refractivity contribution in [3.63, 3.8) is 0 Å². The zero-order valence-electron chi connectivity index (χ0n) is 9.34. The van der Waals surface area contributed by atoms with Crippen LogP contribution in [0.5, 0.6) is 0 Å². The molecule has 0 fully saturated rings. The summed E-state index contributed by atoms with van der Waals surface area (Å²) in [6, 6.07) is 2.86. The monoisotopic (exact) mass is 222 g/mol. The van der Waals surface area contributed by atoms with E-state index in [0.717, 1.165) is 0 Å². The highest BCUT2D eigenvalue weighted by Gasteiger charge is 2.17. The highest BCUT2D eigenvalue weighted by atomic mass is 16.6. The topological polar surface area (TPSA) is 73.1 Å². The summed E-state index contributed by atoms with van der Waals surface area (Å²) in [6.45, 7) is 3.87. The maximum atomic E-state index is 11.5. The highest BCUT2D eigenvalue weighted by Crippen LogP contribution is 2.16. The summed E-state index contributed by atoms with van der Waals surface area (Å²) in [6.07, 6.45) is 1.92. The quantitative estimate of drug-likeness (QED) is 0.565. The first kappa shape index (κ1) is 12.3. The number of nitro groups is 1. The van der Waals surface area contributed by atoms with Gasteiger partial charge in [-0.1, -0.05) is 13.8 Å². The number of pyridine rings is 1. The zero-order valence-corrected chi connectivity index (χ0v) is 9.34. The van der Waals surface area contributed by atoms with Crippen molar-refractivity contribution in [1.29, 1.82) is 0 Å². The number of carbonyl (C=O) groups is 1. The second-order valence-electron chi connectivity index (χ2n) is 4.04. The summed E-state index contributed by atoms with van der Waals surface area (Å²) in [5, 5.41) is 10.7. The lowest BCUT2D eigenvalue weighted by atomic mass is 10.0. The fourth-order valence-corrected chi connectivity index (χ4v) is 1.45. The number of carbonyl (C=O) groups excluding carboxylic acids is 1. The van der Waals surface area contributed by atoms with Crippen LogP contribution >= 0.6 is 0 Å².